The first-order valence-electron chi connectivity index (χ1n) is 4.54. The highest BCUT2D eigenvalue weighted by Crippen LogP contribution is 2.15. The van der Waals surface area contributed by atoms with Gasteiger partial charge in [-0.15, -0.1) is 0 Å². The normalized spacial score (nSPS) is 10.0. The number of benzene rings is 1. The summed E-state index contributed by atoms with van der Waals surface area (Å²) in [6, 6.07) is 5.47. The Morgan fingerprint density at radius 1 is 1.46 bits per heavy atom. The fourth-order valence-corrected chi connectivity index (χ4v) is 1.43. The van der Waals surface area contributed by atoms with Crippen LogP contribution < -0.4 is 5.73 Å². The van der Waals surface area contributed by atoms with Crippen molar-refractivity contribution in [2.75, 3.05) is 5.73 Å². The molecule has 0 saturated heterocycles. The first-order chi connectivity index (χ1) is 6.15. The van der Waals surface area contributed by atoms with Gasteiger partial charge in [-0.1, -0.05) is 13.3 Å². The summed E-state index contributed by atoms with van der Waals surface area (Å²) in [5.41, 5.74) is 8.24. The third-order valence-electron chi connectivity index (χ3n) is 2.03. The zero-order chi connectivity index (χ0) is 9.84. The van der Waals surface area contributed by atoms with Gasteiger partial charge in [0.25, 0.3) is 0 Å². The summed E-state index contributed by atoms with van der Waals surface area (Å²) >= 11 is 0. The highest BCUT2D eigenvalue weighted by Gasteiger charge is 2.05. The number of hydrogen-bond acceptors (Lipinski definition) is 2. The van der Waals surface area contributed by atoms with E-state index in [0.717, 1.165) is 29.7 Å². The maximum atomic E-state index is 11.2. The summed E-state index contributed by atoms with van der Waals surface area (Å²) in [4.78, 5) is 11.2. The quantitative estimate of drug-likeness (QED) is 0.569. The molecule has 0 amide bonds. The summed E-state index contributed by atoms with van der Waals surface area (Å²) in [7, 11) is 0. The van der Waals surface area contributed by atoms with Crippen molar-refractivity contribution in [1.29, 1.82) is 0 Å². The van der Waals surface area contributed by atoms with Crippen molar-refractivity contribution in [1.82, 2.24) is 0 Å². The lowest BCUT2D eigenvalue weighted by atomic mass is 10.00. The van der Waals surface area contributed by atoms with Gasteiger partial charge >= 0.3 is 0 Å². The molecule has 0 aromatic heterocycles. The molecule has 0 aliphatic heterocycles. The van der Waals surface area contributed by atoms with Gasteiger partial charge in [0, 0.05) is 11.3 Å². The molecule has 13 heavy (non-hydrogen) atoms. The van der Waals surface area contributed by atoms with Crippen LogP contribution in [-0.2, 0) is 6.42 Å². The molecule has 1 aromatic carbocycles. The molecule has 0 heterocycles. The molecule has 1 aromatic rings. The molecule has 70 valence electrons. The van der Waals surface area contributed by atoms with Crippen LogP contribution in [0.2, 0.25) is 0 Å². The van der Waals surface area contributed by atoms with Gasteiger partial charge in [-0.05, 0) is 37.1 Å². The topological polar surface area (TPSA) is 43.1 Å². The molecule has 1 rings (SSSR count). The zero-order valence-corrected chi connectivity index (χ0v) is 8.13. The van der Waals surface area contributed by atoms with E-state index in [-0.39, 0.29) is 5.78 Å². The van der Waals surface area contributed by atoms with Crippen molar-refractivity contribution >= 4 is 11.5 Å². The number of anilines is 1. The van der Waals surface area contributed by atoms with Gasteiger partial charge in [0.1, 0.15) is 0 Å². The molecular weight excluding hydrogens is 162 g/mol. The number of Topliss-reactive ketones (excluding diaryl/α,β-unsaturated/α-hetero) is 1. The van der Waals surface area contributed by atoms with E-state index in [4.69, 9.17) is 5.73 Å². The van der Waals surface area contributed by atoms with Crippen LogP contribution in [0, 0.1) is 0 Å². The Bertz CT molecular complexity index is 318. The number of carbonyl (C=O) groups excluding carboxylic acids is 1. The van der Waals surface area contributed by atoms with Crippen LogP contribution in [0.3, 0.4) is 0 Å². The molecule has 2 N–H and O–H groups in total. The molecular formula is C11H15NO. The predicted molar refractivity (Wildman–Crippen MR) is 54.9 cm³/mol. The maximum Gasteiger partial charge on any atom is 0.160 e. The lowest BCUT2D eigenvalue weighted by Crippen LogP contribution is -2.00. The fraction of sp³-hybridized carbons (Fsp3) is 0.364. The first-order valence-corrected chi connectivity index (χ1v) is 4.54. The molecule has 0 radical (unpaired) electrons. The SMILES string of the molecule is CCCc1cc(N)ccc1C(C)=O. The molecule has 0 bridgehead atoms. The predicted octanol–water partition coefficient (Wildman–Crippen LogP) is 2.42. The minimum absolute atomic E-state index is 0.114. The van der Waals surface area contributed by atoms with E-state index in [2.05, 4.69) is 6.92 Å². The number of ketones is 1. The minimum atomic E-state index is 0.114. The molecule has 0 saturated carbocycles. The van der Waals surface area contributed by atoms with E-state index in [1.54, 1.807) is 13.0 Å². The molecule has 0 aliphatic rings. The number of hydrogen-bond donors (Lipinski definition) is 1. The molecule has 0 fully saturated rings. The number of nitrogen functional groups attached to an aromatic ring is 1. The number of aryl methyl sites for hydroxylation is 1. The van der Waals surface area contributed by atoms with Crippen LogP contribution in [0.4, 0.5) is 5.69 Å². The Balaban J connectivity index is 3.10. The fourth-order valence-electron chi connectivity index (χ4n) is 1.43. The van der Waals surface area contributed by atoms with Crippen molar-refractivity contribution in [3.63, 3.8) is 0 Å². The highest BCUT2D eigenvalue weighted by atomic mass is 16.1. The smallest absolute Gasteiger partial charge is 0.160 e. The molecule has 2 heteroatoms. The number of rotatable bonds is 3. The van der Waals surface area contributed by atoms with Crippen molar-refractivity contribution in [2.24, 2.45) is 0 Å². The van der Waals surface area contributed by atoms with Gasteiger partial charge in [-0.2, -0.15) is 0 Å². The van der Waals surface area contributed by atoms with Crippen LogP contribution in [0.15, 0.2) is 18.2 Å². The summed E-state index contributed by atoms with van der Waals surface area (Å²) in [5.74, 6) is 0.114. The van der Waals surface area contributed by atoms with Gasteiger partial charge in [0.15, 0.2) is 5.78 Å². The lowest BCUT2D eigenvalue weighted by Gasteiger charge is -2.06. The van der Waals surface area contributed by atoms with E-state index in [1.807, 2.05) is 12.1 Å². The van der Waals surface area contributed by atoms with Crippen molar-refractivity contribution in [2.45, 2.75) is 26.7 Å². The zero-order valence-electron chi connectivity index (χ0n) is 8.13. The van der Waals surface area contributed by atoms with E-state index < -0.39 is 0 Å². The van der Waals surface area contributed by atoms with Gasteiger partial charge in [-0.25, -0.2) is 0 Å². The van der Waals surface area contributed by atoms with Crippen LogP contribution in [0.5, 0.6) is 0 Å². The summed E-state index contributed by atoms with van der Waals surface area (Å²) in [6.45, 7) is 3.68. The van der Waals surface area contributed by atoms with Gasteiger partial charge < -0.3 is 5.73 Å². The Kier molecular flexibility index (Phi) is 3.07. The highest BCUT2D eigenvalue weighted by molar-refractivity contribution is 5.95. The standard InChI is InChI=1S/C11H15NO/c1-3-4-9-7-10(12)5-6-11(9)8(2)13/h5-7H,3-4,12H2,1-2H3. The van der Waals surface area contributed by atoms with Gasteiger partial charge in [-0.3, -0.25) is 4.79 Å². The maximum absolute atomic E-state index is 11.2. The Hall–Kier alpha value is -1.31. The third kappa shape index (κ3) is 2.31. The summed E-state index contributed by atoms with van der Waals surface area (Å²) in [6.07, 6.45) is 1.95. The molecule has 2 nitrogen and oxygen atoms in total. The largest absolute Gasteiger partial charge is 0.399 e. The number of carbonyl (C=O) groups is 1. The number of nitrogens with two attached hydrogens (primary N) is 1. The first kappa shape index (κ1) is 9.78. The minimum Gasteiger partial charge on any atom is -0.399 e. The van der Waals surface area contributed by atoms with E-state index in [1.165, 1.54) is 0 Å². The lowest BCUT2D eigenvalue weighted by molar-refractivity contribution is 0.101. The summed E-state index contributed by atoms with van der Waals surface area (Å²) in [5, 5.41) is 0. The van der Waals surface area contributed by atoms with Crippen molar-refractivity contribution in [3.8, 4) is 0 Å². The molecule has 0 spiro atoms. The second kappa shape index (κ2) is 4.08. The Morgan fingerprint density at radius 3 is 2.69 bits per heavy atom. The van der Waals surface area contributed by atoms with Crippen molar-refractivity contribution < 1.29 is 4.79 Å². The van der Waals surface area contributed by atoms with Crippen molar-refractivity contribution in [3.05, 3.63) is 29.3 Å². The van der Waals surface area contributed by atoms with Crippen LogP contribution in [-0.4, -0.2) is 5.78 Å². The Labute approximate surface area is 78.8 Å². The second-order valence-corrected chi connectivity index (χ2v) is 3.22. The van der Waals surface area contributed by atoms with Gasteiger partial charge in [0.2, 0.25) is 0 Å². The summed E-state index contributed by atoms with van der Waals surface area (Å²) < 4.78 is 0. The van der Waals surface area contributed by atoms with E-state index >= 15 is 0 Å². The van der Waals surface area contributed by atoms with E-state index in [0.29, 0.717) is 0 Å². The molecule has 0 aliphatic carbocycles. The average Bonchev–Trinajstić information content (AvgIpc) is 2.04. The average molecular weight is 177 g/mol. The van der Waals surface area contributed by atoms with E-state index in [9.17, 15) is 4.79 Å². The van der Waals surface area contributed by atoms with Crippen LogP contribution >= 0.6 is 0 Å². The van der Waals surface area contributed by atoms with Crippen LogP contribution in [0.25, 0.3) is 0 Å². The Morgan fingerprint density at radius 2 is 2.15 bits per heavy atom. The monoisotopic (exact) mass is 177 g/mol. The molecule has 0 unspecified atom stereocenters. The third-order valence-corrected chi connectivity index (χ3v) is 2.03. The second-order valence-electron chi connectivity index (χ2n) is 3.22. The van der Waals surface area contributed by atoms with Crippen LogP contribution in [0.1, 0.15) is 36.2 Å². The van der Waals surface area contributed by atoms with Gasteiger partial charge in [0.05, 0.1) is 0 Å². The molecule has 0 atom stereocenters.